The summed E-state index contributed by atoms with van der Waals surface area (Å²) in [5, 5.41) is 3.90. The first-order chi connectivity index (χ1) is 11.1. The highest BCUT2D eigenvalue weighted by Gasteiger charge is 2.24. The predicted molar refractivity (Wildman–Crippen MR) is 90.0 cm³/mol. The van der Waals surface area contributed by atoms with Gasteiger partial charge in [-0.25, -0.2) is 4.98 Å². The number of H-pyrrole nitrogens is 1. The van der Waals surface area contributed by atoms with Crippen LogP contribution in [0.5, 0.6) is 0 Å². The molecular formula is C17H24N4O3. The molecule has 0 aromatic carbocycles. The molecule has 0 aliphatic carbocycles. The highest BCUT2D eigenvalue weighted by atomic mass is 16.5. The Balaban J connectivity index is 2.31. The molecule has 2 rings (SSSR count). The molecule has 2 aromatic rings. The van der Waals surface area contributed by atoms with E-state index in [4.69, 9.17) is 4.52 Å². The Labute approximate surface area is 141 Å². The summed E-state index contributed by atoms with van der Waals surface area (Å²) in [5.74, 6) is 0.196. The molecule has 24 heavy (non-hydrogen) atoms. The normalized spacial score (nSPS) is 11.6. The number of hydrogen-bond acceptors (Lipinski definition) is 5. The predicted octanol–water partition coefficient (Wildman–Crippen LogP) is 2.20. The van der Waals surface area contributed by atoms with Crippen molar-refractivity contribution in [3.05, 3.63) is 45.0 Å². The number of nitrogens with zero attached hydrogens (tertiary/aromatic N) is 3. The Hall–Kier alpha value is -2.44. The van der Waals surface area contributed by atoms with Crippen molar-refractivity contribution in [1.29, 1.82) is 0 Å². The monoisotopic (exact) mass is 332 g/mol. The minimum atomic E-state index is -0.412. The number of rotatable bonds is 4. The Bertz CT molecular complexity index is 799. The summed E-state index contributed by atoms with van der Waals surface area (Å²) in [7, 11) is 1.64. The average Bonchev–Trinajstić information content (AvgIpc) is 2.92. The molecule has 2 heterocycles. The zero-order valence-corrected chi connectivity index (χ0v) is 15.1. The number of carbonyl (C=O) groups is 1. The zero-order valence-electron chi connectivity index (χ0n) is 15.1. The number of nitrogens with one attached hydrogen (secondary N) is 1. The lowest BCUT2D eigenvalue weighted by Gasteiger charge is -2.20. The quantitative estimate of drug-likeness (QED) is 0.926. The number of carbonyl (C=O) groups excluding carboxylic acids is 1. The largest absolute Gasteiger partial charge is 0.364 e. The van der Waals surface area contributed by atoms with E-state index in [1.165, 1.54) is 11.2 Å². The van der Waals surface area contributed by atoms with Crippen molar-refractivity contribution in [3.63, 3.8) is 0 Å². The van der Waals surface area contributed by atoms with Gasteiger partial charge in [-0.1, -0.05) is 32.9 Å². The van der Waals surface area contributed by atoms with Gasteiger partial charge in [0.05, 0.1) is 17.9 Å². The Kier molecular flexibility index (Phi) is 4.91. The average molecular weight is 332 g/mol. The van der Waals surface area contributed by atoms with Crippen molar-refractivity contribution in [2.45, 2.75) is 53.0 Å². The number of amides is 1. The van der Waals surface area contributed by atoms with Gasteiger partial charge in [0.15, 0.2) is 0 Å². The highest BCUT2D eigenvalue weighted by molar-refractivity contribution is 5.94. The first-order valence-corrected chi connectivity index (χ1v) is 7.94. The van der Waals surface area contributed by atoms with E-state index in [1.54, 1.807) is 14.0 Å². The second kappa shape index (κ2) is 6.59. The molecule has 0 aliphatic rings. The number of hydrogen-bond donors (Lipinski definition) is 1. The first kappa shape index (κ1) is 17.9. The second-order valence-electron chi connectivity index (χ2n) is 6.93. The molecule has 0 spiro atoms. The summed E-state index contributed by atoms with van der Waals surface area (Å²) in [4.78, 5) is 33.7. The van der Waals surface area contributed by atoms with E-state index in [0.29, 0.717) is 18.1 Å². The lowest BCUT2D eigenvalue weighted by atomic mass is 9.95. The fraction of sp³-hybridized carbons (Fsp3) is 0.529. The summed E-state index contributed by atoms with van der Waals surface area (Å²) < 4.78 is 4.96. The van der Waals surface area contributed by atoms with E-state index in [9.17, 15) is 9.59 Å². The van der Waals surface area contributed by atoms with Crippen molar-refractivity contribution < 1.29 is 9.32 Å². The summed E-state index contributed by atoms with van der Waals surface area (Å²) >= 11 is 0. The molecule has 0 radical (unpaired) electrons. The van der Waals surface area contributed by atoms with Crippen LogP contribution >= 0.6 is 0 Å². The van der Waals surface area contributed by atoms with Gasteiger partial charge in [0.2, 0.25) is 0 Å². The Morgan fingerprint density at radius 2 is 2.04 bits per heavy atom. The van der Waals surface area contributed by atoms with Crippen LogP contribution < -0.4 is 5.56 Å². The second-order valence-corrected chi connectivity index (χ2v) is 6.93. The maximum Gasteiger partial charge on any atom is 0.264 e. The van der Waals surface area contributed by atoms with Crippen molar-refractivity contribution in [2.75, 3.05) is 7.05 Å². The van der Waals surface area contributed by atoms with E-state index >= 15 is 0 Å². The van der Waals surface area contributed by atoms with Crippen LogP contribution in [-0.2, 0) is 18.4 Å². The molecule has 2 aromatic heterocycles. The molecule has 0 aliphatic heterocycles. The lowest BCUT2D eigenvalue weighted by Crippen LogP contribution is -2.35. The third-order valence-electron chi connectivity index (χ3n) is 3.84. The van der Waals surface area contributed by atoms with Gasteiger partial charge in [0.1, 0.15) is 17.7 Å². The van der Waals surface area contributed by atoms with Crippen LogP contribution in [0, 0.1) is 6.92 Å². The molecule has 0 atom stereocenters. The molecule has 1 amide bonds. The maximum atomic E-state index is 12.7. The molecule has 0 fully saturated rings. The van der Waals surface area contributed by atoms with Gasteiger partial charge in [0.25, 0.3) is 11.5 Å². The highest BCUT2D eigenvalue weighted by Crippen LogP contribution is 2.18. The first-order valence-electron chi connectivity index (χ1n) is 7.94. The van der Waals surface area contributed by atoms with Gasteiger partial charge in [-0.2, -0.15) is 0 Å². The number of aryl methyl sites for hydroxylation is 2. The van der Waals surface area contributed by atoms with Crippen molar-refractivity contribution >= 4 is 5.91 Å². The fourth-order valence-electron chi connectivity index (χ4n) is 2.41. The fourth-order valence-corrected chi connectivity index (χ4v) is 2.41. The summed E-state index contributed by atoms with van der Waals surface area (Å²) in [5.41, 5.74) is 1.44. The van der Waals surface area contributed by atoms with E-state index < -0.39 is 5.56 Å². The minimum Gasteiger partial charge on any atom is -0.364 e. The van der Waals surface area contributed by atoms with E-state index in [-0.39, 0.29) is 16.9 Å². The van der Waals surface area contributed by atoms with Gasteiger partial charge >= 0.3 is 0 Å². The number of aromatic amines is 1. The Morgan fingerprint density at radius 3 is 2.58 bits per heavy atom. The van der Waals surface area contributed by atoms with E-state index in [0.717, 1.165) is 17.7 Å². The third-order valence-corrected chi connectivity index (χ3v) is 3.84. The lowest BCUT2D eigenvalue weighted by molar-refractivity contribution is 0.0781. The summed E-state index contributed by atoms with van der Waals surface area (Å²) in [6.07, 6.45) is 2.25. The molecular weight excluding hydrogens is 308 g/mol. The van der Waals surface area contributed by atoms with Crippen molar-refractivity contribution in [1.82, 2.24) is 20.0 Å². The van der Waals surface area contributed by atoms with Crippen LogP contribution in [0.1, 0.15) is 60.8 Å². The smallest absolute Gasteiger partial charge is 0.264 e. The van der Waals surface area contributed by atoms with Crippen LogP contribution in [0.25, 0.3) is 0 Å². The standard InChI is InChI=1S/C17H24N4O3/c1-7-12-11(9-24-20-12)8-21(6)15(23)13-10(2)18-16(17(3,4)5)19-14(13)22/h9H,7-8H2,1-6H3,(H,18,19,22). The molecule has 0 unspecified atom stereocenters. The van der Waals surface area contributed by atoms with Crippen LogP contribution in [0.4, 0.5) is 0 Å². The molecule has 7 nitrogen and oxygen atoms in total. The van der Waals surface area contributed by atoms with Crippen LogP contribution in [-0.4, -0.2) is 33.0 Å². The van der Waals surface area contributed by atoms with Gasteiger partial charge in [0, 0.05) is 18.0 Å². The molecule has 0 saturated heterocycles. The zero-order chi connectivity index (χ0) is 18.1. The molecule has 0 bridgehead atoms. The topological polar surface area (TPSA) is 92.1 Å². The van der Waals surface area contributed by atoms with Gasteiger partial charge < -0.3 is 14.4 Å². The SMILES string of the molecule is CCc1nocc1CN(C)C(=O)c1c(C)nc(C(C)(C)C)[nH]c1=O. The van der Waals surface area contributed by atoms with Crippen LogP contribution in [0.15, 0.2) is 15.6 Å². The van der Waals surface area contributed by atoms with Crippen molar-refractivity contribution in [3.8, 4) is 0 Å². The molecule has 7 heteroatoms. The molecule has 1 N–H and O–H groups in total. The van der Waals surface area contributed by atoms with Crippen molar-refractivity contribution in [2.24, 2.45) is 0 Å². The number of aromatic nitrogens is 3. The molecule has 130 valence electrons. The van der Waals surface area contributed by atoms with Gasteiger partial charge in [-0.05, 0) is 13.3 Å². The molecule has 0 saturated carbocycles. The van der Waals surface area contributed by atoms with E-state index in [2.05, 4.69) is 15.1 Å². The van der Waals surface area contributed by atoms with Gasteiger partial charge in [-0.15, -0.1) is 0 Å². The summed E-state index contributed by atoms with van der Waals surface area (Å²) in [6, 6.07) is 0. The Morgan fingerprint density at radius 1 is 1.38 bits per heavy atom. The minimum absolute atomic E-state index is 0.0694. The van der Waals surface area contributed by atoms with Crippen LogP contribution in [0.3, 0.4) is 0 Å². The maximum absolute atomic E-state index is 12.7. The van der Waals surface area contributed by atoms with Crippen LogP contribution in [0.2, 0.25) is 0 Å². The van der Waals surface area contributed by atoms with E-state index in [1.807, 2.05) is 27.7 Å². The summed E-state index contributed by atoms with van der Waals surface area (Å²) in [6.45, 7) is 9.84. The van der Waals surface area contributed by atoms with Gasteiger partial charge in [-0.3, -0.25) is 9.59 Å². The third kappa shape index (κ3) is 3.55.